The third kappa shape index (κ3) is 2.51. The van der Waals surface area contributed by atoms with E-state index in [1.165, 1.54) is 24.0 Å². The number of methoxy groups -OCH3 is 1. The van der Waals surface area contributed by atoms with Crippen molar-refractivity contribution in [3.05, 3.63) is 29.3 Å². The quantitative estimate of drug-likeness (QED) is 0.816. The Balaban J connectivity index is 2.08. The predicted octanol–water partition coefficient (Wildman–Crippen LogP) is 2.65. The summed E-state index contributed by atoms with van der Waals surface area (Å²) in [7, 11) is 1.73. The Morgan fingerprint density at radius 1 is 1.40 bits per heavy atom. The first-order valence-corrected chi connectivity index (χ1v) is 5.51. The van der Waals surface area contributed by atoms with Gasteiger partial charge in [0, 0.05) is 17.6 Å². The maximum Gasteiger partial charge on any atom is 0.123 e. The highest BCUT2D eigenvalue weighted by Gasteiger charge is 2.36. The molecular weight excluding hydrogens is 186 g/mol. The van der Waals surface area contributed by atoms with E-state index in [9.17, 15) is 0 Å². The van der Waals surface area contributed by atoms with Crippen LogP contribution < -0.4 is 10.1 Å². The fraction of sp³-hybridized carbons (Fsp3) is 0.538. The van der Waals surface area contributed by atoms with E-state index in [4.69, 9.17) is 4.74 Å². The number of nitrogens with one attached hydrogen (secondary N) is 1. The molecule has 0 heterocycles. The summed E-state index contributed by atoms with van der Waals surface area (Å²) in [4.78, 5) is 0. The maximum atomic E-state index is 5.35. The van der Waals surface area contributed by atoms with Crippen LogP contribution in [0.5, 0.6) is 5.75 Å². The van der Waals surface area contributed by atoms with E-state index in [2.05, 4.69) is 31.3 Å². The van der Waals surface area contributed by atoms with Gasteiger partial charge in [0.25, 0.3) is 0 Å². The van der Waals surface area contributed by atoms with Crippen molar-refractivity contribution in [1.82, 2.24) is 5.32 Å². The van der Waals surface area contributed by atoms with E-state index in [0.29, 0.717) is 5.54 Å². The molecule has 1 aliphatic carbocycles. The van der Waals surface area contributed by atoms with Crippen LogP contribution in [0, 0.1) is 6.92 Å². The molecule has 0 atom stereocenters. The summed E-state index contributed by atoms with van der Waals surface area (Å²) >= 11 is 0. The number of hydrogen-bond donors (Lipinski definition) is 1. The molecule has 0 aliphatic heterocycles. The lowest BCUT2D eigenvalue weighted by atomic mass is 10.1. The summed E-state index contributed by atoms with van der Waals surface area (Å²) in [6.07, 6.45) is 2.59. The van der Waals surface area contributed by atoms with Gasteiger partial charge in [-0.1, -0.05) is 17.7 Å². The number of hydrogen-bond acceptors (Lipinski definition) is 2. The zero-order chi connectivity index (χ0) is 10.9. The molecule has 1 fully saturated rings. The van der Waals surface area contributed by atoms with Gasteiger partial charge in [-0.3, -0.25) is 0 Å². The summed E-state index contributed by atoms with van der Waals surface area (Å²) in [5.41, 5.74) is 2.92. The molecule has 0 aromatic heterocycles. The second-order valence-electron chi connectivity index (χ2n) is 4.73. The fourth-order valence-electron chi connectivity index (χ4n) is 1.72. The molecule has 15 heavy (non-hydrogen) atoms. The fourth-order valence-corrected chi connectivity index (χ4v) is 1.72. The van der Waals surface area contributed by atoms with Crippen LogP contribution in [-0.2, 0) is 6.54 Å². The van der Waals surface area contributed by atoms with E-state index in [1.54, 1.807) is 7.11 Å². The van der Waals surface area contributed by atoms with Gasteiger partial charge in [0.1, 0.15) is 5.75 Å². The zero-order valence-electron chi connectivity index (χ0n) is 9.76. The smallest absolute Gasteiger partial charge is 0.123 e. The van der Waals surface area contributed by atoms with Crippen molar-refractivity contribution in [3.63, 3.8) is 0 Å². The molecule has 2 nitrogen and oxygen atoms in total. The van der Waals surface area contributed by atoms with Gasteiger partial charge in [0.05, 0.1) is 7.11 Å². The third-order valence-corrected chi connectivity index (χ3v) is 3.14. The Labute approximate surface area is 91.6 Å². The molecule has 1 saturated carbocycles. The standard InChI is InChI=1S/C13H19NO/c1-10-4-5-12(15-3)11(8-10)9-14-13(2)6-7-13/h4-5,8,14H,6-7,9H2,1-3H3. The van der Waals surface area contributed by atoms with E-state index in [0.717, 1.165) is 12.3 Å². The monoisotopic (exact) mass is 205 g/mol. The van der Waals surface area contributed by atoms with Gasteiger partial charge in [-0.15, -0.1) is 0 Å². The first kappa shape index (κ1) is 10.5. The highest BCUT2D eigenvalue weighted by molar-refractivity contribution is 5.36. The van der Waals surface area contributed by atoms with Crippen molar-refractivity contribution in [1.29, 1.82) is 0 Å². The number of benzene rings is 1. The molecule has 0 unspecified atom stereocenters. The van der Waals surface area contributed by atoms with Crippen LogP contribution in [0.2, 0.25) is 0 Å². The Morgan fingerprint density at radius 3 is 2.73 bits per heavy atom. The highest BCUT2D eigenvalue weighted by atomic mass is 16.5. The Morgan fingerprint density at radius 2 is 2.13 bits per heavy atom. The molecule has 1 N–H and O–H groups in total. The summed E-state index contributed by atoms with van der Waals surface area (Å²) in [6.45, 7) is 5.29. The molecule has 0 radical (unpaired) electrons. The molecule has 0 bridgehead atoms. The lowest BCUT2D eigenvalue weighted by Crippen LogP contribution is -2.27. The van der Waals surface area contributed by atoms with Gasteiger partial charge in [0.15, 0.2) is 0 Å². The van der Waals surface area contributed by atoms with Gasteiger partial charge in [-0.05, 0) is 32.8 Å². The number of ether oxygens (including phenoxy) is 1. The van der Waals surface area contributed by atoms with E-state index in [1.807, 2.05) is 6.07 Å². The zero-order valence-corrected chi connectivity index (χ0v) is 9.76. The lowest BCUT2D eigenvalue weighted by Gasteiger charge is -2.14. The van der Waals surface area contributed by atoms with Crippen molar-refractivity contribution >= 4 is 0 Å². The summed E-state index contributed by atoms with van der Waals surface area (Å²) in [6, 6.07) is 6.32. The van der Waals surface area contributed by atoms with E-state index >= 15 is 0 Å². The molecule has 0 amide bonds. The average Bonchev–Trinajstić information content (AvgIpc) is 2.95. The second kappa shape index (κ2) is 3.86. The third-order valence-electron chi connectivity index (χ3n) is 3.14. The van der Waals surface area contributed by atoms with E-state index < -0.39 is 0 Å². The molecule has 1 aromatic carbocycles. The van der Waals surface area contributed by atoms with Crippen LogP contribution in [0.25, 0.3) is 0 Å². The van der Waals surface area contributed by atoms with Gasteiger partial charge in [-0.2, -0.15) is 0 Å². The largest absolute Gasteiger partial charge is 0.496 e. The SMILES string of the molecule is COc1ccc(C)cc1CNC1(C)CC1. The lowest BCUT2D eigenvalue weighted by molar-refractivity contribution is 0.405. The number of aryl methyl sites for hydroxylation is 1. The first-order chi connectivity index (χ1) is 7.13. The Bertz CT molecular complexity index is 356. The van der Waals surface area contributed by atoms with Crippen molar-refractivity contribution < 1.29 is 4.74 Å². The molecule has 1 aromatic rings. The van der Waals surface area contributed by atoms with Crippen molar-refractivity contribution in [3.8, 4) is 5.75 Å². The summed E-state index contributed by atoms with van der Waals surface area (Å²) in [5.74, 6) is 0.984. The second-order valence-corrected chi connectivity index (χ2v) is 4.73. The highest BCUT2D eigenvalue weighted by Crippen LogP contribution is 2.35. The predicted molar refractivity (Wildman–Crippen MR) is 62.2 cm³/mol. The van der Waals surface area contributed by atoms with Crippen molar-refractivity contribution in [2.75, 3.05) is 7.11 Å². The Hall–Kier alpha value is -1.02. The van der Waals surface area contributed by atoms with Gasteiger partial charge < -0.3 is 10.1 Å². The molecule has 0 saturated heterocycles. The number of rotatable bonds is 4. The van der Waals surface area contributed by atoms with Crippen LogP contribution in [0.15, 0.2) is 18.2 Å². The average molecular weight is 205 g/mol. The van der Waals surface area contributed by atoms with Crippen LogP contribution in [0.3, 0.4) is 0 Å². The van der Waals surface area contributed by atoms with Gasteiger partial charge in [0.2, 0.25) is 0 Å². The van der Waals surface area contributed by atoms with E-state index in [-0.39, 0.29) is 0 Å². The Kier molecular flexibility index (Phi) is 2.70. The van der Waals surface area contributed by atoms with Gasteiger partial charge >= 0.3 is 0 Å². The minimum Gasteiger partial charge on any atom is -0.496 e. The van der Waals surface area contributed by atoms with Crippen molar-refractivity contribution in [2.45, 2.75) is 38.8 Å². The van der Waals surface area contributed by atoms with Crippen LogP contribution in [0.1, 0.15) is 30.9 Å². The van der Waals surface area contributed by atoms with Gasteiger partial charge in [-0.25, -0.2) is 0 Å². The van der Waals surface area contributed by atoms with Crippen LogP contribution in [0.4, 0.5) is 0 Å². The molecule has 2 heteroatoms. The molecule has 2 rings (SSSR count). The maximum absolute atomic E-state index is 5.35. The van der Waals surface area contributed by atoms with Crippen LogP contribution in [-0.4, -0.2) is 12.6 Å². The minimum absolute atomic E-state index is 0.384. The molecule has 1 aliphatic rings. The van der Waals surface area contributed by atoms with Crippen molar-refractivity contribution in [2.24, 2.45) is 0 Å². The molecule has 0 spiro atoms. The molecular formula is C13H19NO. The van der Waals surface area contributed by atoms with Crippen LogP contribution >= 0.6 is 0 Å². The normalized spacial score (nSPS) is 17.5. The topological polar surface area (TPSA) is 21.3 Å². The minimum atomic E-state index is 0.384. The summed E-state index contributed by atoms with van der Waals surface area (Å²) in [5, 5.41) is 3.57. The summed E-state index contributed by atoms with van der Waals surface area (Å²) < 4.78 is 5.35. The molecule has 82 valence electrons. The first-order valence-electron chi connectivity index (χ1n) is 5.51.